The van der Waals surface area contributed by atoms with Crippen molar-refractivity contribution in [2.45, 2.75) is 102 Å². The van der Waals surface area contributed by atoms with Crippen molar-refractivity contribution in [1.82, 2.24) is 0 Å². The Kier molecular flexibility index (Phi) is 7.44. The van der Waals surface area contributed by atoms with Crippen LogP contribution in [0.5, 0.6) is 5.75 Å². The summed E-state index contributed by atoms with van der Waals surface area (Å²) >= 11 is 0. The number of carbonyl (C=O) groups excluding carboxylic acids is 2. The van der Waals surface area contributed by atoms with Gasteiger partial charge in [0.1, 0.15) is 24.1 Å². The summed E-state index contributed by atoms with van der Waals surface area (Å²) in [4.78, 5) is 27.0. The maximum absolute atomic E-state index is 14.1. The molecular weight excluding hydrogens is 608 g/mol. The maximum atomic E-state index is 14.1. The molecule has 47 heavy (non-hydrogen) atoms. The predicted molar refractivity (Wildman–Crippen MR) is 165 cm³/mol. The fourth-order valence-corrected chi connectivity index (χ4v) is 9.49. The third-order valence-electron chi connectivity index (χ3n) is 11.7. The highest BCUT2D eigenvalue weighted by Crippen LogP contribution is 2.70. The summed E-state index contributed by atoms with van der Waals surface area (Å²) in [6, 6.07) is 14.8. The van der Waals surface area contributed by atoms with E-state index >= 15 is 0 Å². The highest BCUT2D eigenvalue weighted by molar-refractivity contribution is 5.89. The molecule has 2 aliphatic heterocycles. The van der Waals surface area contributed by atoms with Crippen molar-refractivity contribution in [2.24, 2.45) is 16.7 Å². The van der Waals surface area contributed by atoms with Crippen molar-refractivity contribution in [1.29, 1.82) is 0 Å². The molecule has 4 N–H and O–H groups in total. The van der Waals surface area contributed by atoms with Gasteiger partial charge in [0, 0.05) is 24.3 Å². The zero-order valence-electron chi connectivity index (χ0n) is 27.1. The number of esters is 2. The van der Waals surface area contributed by atoms with Crippen LogP contribution in [0.3, 0.4) is 0 Å². The van der Waals surface area contributed by atoms with Crippen LogP contribution in [0.15, 0.2) is 65.7 Å². The van der Waals surface area contributed by atoms with E-state index in [1.54, 1.807) is 63.2 Å². The van der Waals surface area contributed by atoms with E-state index in [1.807, 2.05) is 6.92 Å². The molecule has 0 amide bonds. The monoisotopic (exact) mass is 650 g/mol. The van der Waals surface area contributed by atoms with Gasteiger partial charge in [-0.3, -0.25) is 4.79 Å². The van der Waals surface area contributed by atoms with Crippen molar-refractivity contribution in [3.8, 4) is 5.75 Å². The number of hydrogen-bond acceptors (Lipinski definition) is 11. The normalized spacial score (nSPS) is 40.7. The molecular formula is C36H42O11. The predicted octanol–water partition coefficient (Wildman–Crippen LogP) is 3.34. The molecule has 11 nitrogen and oxygen atoms in total. The molecule has 2 saturated carbocycles. The summed E-state index contributed by atoms with van der Waals surface area (Å²) < 4.78 is 32.3. The van der Waals surface area contributed by atoms with Gasteiger partial charge in [-0.15, -0.1) is 0 Å². The van der Waals surface area contributed by atoms with Gasteiger partial charge >= 0.3 is 11.9 Å². The maximum Gasteiger partial charge on any atom is 0.338 e. The number of carbonyl (C=O) groups is 2. The summed E-state index contributed by atoms with van der Waals surface area (Å²) in [6.45, 7) is 8.04. The summed E-state index contributed by atoms with van der Waals surface area (Å²) in [5, 5.41) is 46.3. The molecule has 11 unspecified atom stereocenters. The van der Waals surface area contributed by atoms with Crippen LogP contribution in [0.1, 0.15) is 69.7 Å². The molecule has 5 aliphatic rings. The number of phenols is 1. The molecule has 252 valence electrons. The lowest BCUT2D eigenvalue weighted by Gasteiger charge is -2.67. The molecule has 2 aromatic rings. The van der Waals surface area contributed by atoms with E-state index in [0.717, 1.165) is 0 Å². The minimum Gasteiger partial charge on any atom is -0.508 e. The molecule has 0 radical (unpaired) electrons. The zero-order valence-corrected chi connectivity index (χ0v) is 27.1. The van der Waals surface area contributed by atoms with Crippen LogP contribution < -0.4 is 0 Å². The number of benzene rings is 2. The van der Waals surface area contributed by atoms with Gasteiger partial charge in [-0.25, -0.2) is 4.79 Å². The highest BCUT2D eigenvalue weighted by atomic mass is 16.7. The molecule has 0 aromatic heterocycles. The van der Waals surface area contributed by atoms with E-state index < -0.39 is 82.8 Å². The summed E-state index contributed by atoms with van der Waals surface area (Å²) in [5.41, 5.74) is -4.14. The average Bonchev–Trinajstić information content (AvgIpc) is 3.26. The topological polar surface area (TPSA) is 161 Å². The second-order valence-corrected chi connectivity index (χ2v) is 14.5. The molecule has 4 fully saturated rings. The second kappa shape index (κ2) is 10.8. The van der Waals surface area contributed by atoms with Gasteiger partial charge in [-0.1, -0.05) is 37.3 Å². The largest absolute Gasteiger partial charge is 0.508 e. The SMILES string of the molecule is CC(=O)OC12COC1CC1OC(c3ccc(O)cc3)OC3C(O)C4=C(C)C(O)CC4(C(C)(C)O)C(OC(=O)c4ccccc4)C2C13C. The van der Waals surface area contributed by atoms with E-state index in [1.165, 1.54) is 19.1 Å². The van der Waals surface area contributed by atoms with Crippen LogP contribution in [0.25, 0.3) is 0 Å². The zero-order chi connectivity index (χ0) is 33.7. The van der Waals surface area contributed by atoms with Crippen molar-refractivity contribution >= 4 is 11.9 Å². The van der Waals surface area contributed by atoms with Gasteiger partial charge in [-0.05, 0) is 62.6 Å². The Labute approximate surface area is 273 Å². The fourth-order valence-electron chi connectivity index (χ4n) is 9.49. The Morgan fingerprint density at radius 3 is 2.28 bits per heavy atom. The Morgan fingerprint density at radius 1 is 1.00 bits per heavy atom. The van der Waals surface area contributed by atoms with Crippen molar-refractivity contribution in [2.75, 3.05) is 6.61 Å². The number of hydrogen-bond donors (Lipinski definition) is 4. The third-order valence-corrected chi connectivity index (χ3v) is 11.7. The summed E-state index contributed by atoms with van der Waals surface area (Å²) in [6.07, 6.45) is -6.89. The number of aliphatic hydroxyl groups is 3. The first-order chi connectivity index (χ1) is 22.1. The fraction of sp³-hybridized carbons (Fsp3) is 0.556. The second-order valence-electron chi connectivity index (χ2n) is 14.5. The third kappa shape index (κ3) is 4.47. The van der Waals surface area contributed by atoms with Gasteiger partial charge in [0.15, 0.2) is 11.9 Å². The Hall–Kier alpha value is -3.32. The highest BCUT2D eigenvalue weighted by Gasteiger charge is 2.80. The smallest absolute Gasteiger partial charge is 0.338 e. The molecule has 11 atom stereocenters. The Morgan fingerprint density at radius 2 is 1.68 bits per heavy atom. The molecule has 11 heteroatoms. The van der Waals surface area contributed by atoms with E-state index in [2.05, 4.69) is 0 Å². The van der Waals surface area contributed by atoms with Crippen molar-refractivity contribution in [3.05, 3.63) is 76.9 Å². The molecule has 3 aliphatic carbocycles. The number of fused-ring (bicyclic) bond motifs is 3. The number of phenolic OH excluding ortho intramolecular Hbond substituents is 1. The number of aliphatic hydroxyl groups excluding tert-OH is 2. The van der Waals surface area contributed by atoms with E-state index in [-0.39, 0.29) is 30.8 Å². The molecule has 0 spiro atoms. The number of rotatable bonds is 5. The van der Waals surface area contributed by atoms with Crippen molar-refractivity contribution < 1.29 is 53.7 Å². The van der Waals surface area contributed by atoms with Gasteiger partial charge in [0.2, 0.25) is 0 Å². The molecule has 7 rings (SSSR count). The van der Waals surface area contributed by atoms with Crippen LogP contribution in [-0.2, 0) is 28.5 Å². The summed E-state index contributed by atoms with van der Waals surface area (Å²) in [7, 11) is 0. The van der Waals surface area contributed by atoms with Gasteiger partial charge in [0.25, 0.3) is 0 Å². The first kappa shape index (κ1) is 32.2. The lowest BCUT2D eigenvalue weighted by molar-refractivity contribution is -0.401. The van der Waals surface area contributed by atoms with Crippen LogP contribution in [0, 0.1) is 16.7 Å². The standard InChI is InChI=1S/C36H42O11/c1-18-23(39)16-35(33(3,4)42)26(18)27(40)29-34(5)24(44-32(46-29)21-11-13-22(38)14-12-21)15-25-36(17-43-25,47-19(2)37)28(34)30(35)45-31(41)20-9-7-6-8-10-20/h6-14,23-25,27-30,32,38-40,42H,15-17H2,1-5H3. The lowest BCUT2D eigenvalue weighted by Crippen LogP contribution is -2.80. The minimum absolute atomic E-state index is 0.0175. The van der Waals surface area contributed by atoms with E-state index in [4.69, 9.17) is 23.7 Å². The van der Waals surface area contributed by atoms with Gasteiger partial charge in [0.05, 0.1) is 47.4 Å². The van der Waals surface area contributed by atoms with Crippen LogP contribution in [0.4, 0.5) is 0 Å². The molecule has 0 bridgehead atoms. The van der Waals surface area contributed by atoms with Gasteiger partial charge in [-0.2, -0.15) is 0 Å². The quantitative estimate of drug-likeness (QED) is 0.278. The van der Waals surface area contributed by atoms with Crippen LogP contribution in [0.2, 0.25) is 0 Å². The van der Waals surface area contributed by atoms with Gasteiger partial charge < -0.3 is 44.1 Å². The van der Waals surface area contributed by atoms with Crippen LogP contribution in [-0.4, -0.2) is 86.8 Å². The van der Waals surface area contributed by atoms with Crippen LogP contribution >= 0.6 is 0 Å². The Balaban J connectivity index is 1.50. The van der Waals surface area contributed by atoms with Crippen molar-refractivity contribution in [3.63, 3.8) is 0 Å². The first-order valence-electron chi connectivity index (χ1n) is 16.1. The minimum atomic E-state index is -1.69. The average molecular weight is 651 g/mol. The first-order valence-corrected chi connectivity index (χ1v) is 16.1. The molecule has 2 aromatic carbocycles. The number of ether oxygens (including phenoxy) is 5. The molecule has 2 saturated heterocycles. The lowest BCUT2D eigenvalue weighted by atomic mass is 9.49. The number of aromatic hydroxyl groups is 1. The Bertz CT molecular complexity index is 1600. The van der Waals surface area contributed by atoms with E-state index in [9.17, 15) is 30.0 Å². The van der Waals surface area contributed by atoms with E-state index in [0.29, 0.717) is 16.7 Å². The molecule has 2 heterocycles. The summed E-state index contributed by atoms with van der Waals surface area (Å²) in [5.74, 6) is -2.11.